The zero-order valence-corrected chi connectivity index (χ0v) is 40.1. The molecule has 0 bridgehead atoms. The lowest BCUT2D eigenvalue weighted by molar-refractivity contribution is -0.157. The van der Waals surface area contributed by atoms with Crippen LogP contribution < -0.4 is 26.7 Å². The van der Waals surface area contributed by atoms with E-state index < -0.39 is 89.7 Å². The van der Waals surface area contributed by atoms with Crippen molar-refractivity contribution < 1.29 is 68.0 Å². The third-order valence-electron chi connectivity index (χ3n) is 13.4. The molecule has 5 rings (SSSR count). The molecule has 0 saturated heterocycles. The molecule has 378 valence electrons. The van der Waals surface area contributed by atoms with Crippen LogP contribution in [0.5, 0.6) is 11.5 Å². The molecule has 0 amide bonds. The van der Waals surface area contributed by atoms with Crippen LogP contribution in [0.4, 0.5) is 0 Å². The van der Waals surface area contributed by atoms with Gasteiger partial charge < -0.3 is 70.8 Å². The van der Waals surface area contributed by atoms with Crippen molar-refractivity contribution in [2.75, 3.05) is 79.8 Å². The summed E-state index contributed by atoms with van der Waals surface area (Å²) in [4.78, 5) is 44.3. The molecule has 1 saturated carbocycles. The molecule has 2 aliphatic rings. The van der Waals surface area contributed by atoms with E-state index >= 15 is 4.79 Å². The van der Waals surface area contributed by atoms with Crippen molar-refractivity contribution in [3.8, 4) is 11.5 Å². The number of fused-ring (bicyclic) bond motifs is 2. The van der Waals surface area contributed by atoms with E-state index in [2.05, 4.69) is 0 Å². The van der Waals surface area contributed by atoms with Crippen molar-refractivity contribution in [2.45, 2.75) is 102 Å². The molecular weight excluding hydrogens is 879 g/mol. The van der Waals surface area contributed by atoms with Crippen LogP contribution in [0.2, 0.25) is 0 Å². The molecule has 17 heteroatoms. The Hall–Kier alpha value is -3.95. The van der Waals surface area contributed by atoms with Crippen molar-refractivity contribution in [3.63, 3.8) is 0 Å². The summed E-state index contributed by atoms with van der Waals surface area (Å²) in [5, 5.41) is 46.7. The van der Waals surface area contributed by atoms with Crippen molar-refractivity contribution >= 4 is 28.1 Å². The molecule has 17 nitrogen and oxygen atoms in total. The summed E-state index contributed by atoms with van der Waals surface area (Å²) in [6.07, 6.45) is -2.86. The maximum absolute atomic E-state index is 15.2. The second-order valence-corrected chi connectivity index (χ2v) is 18.3. The predicted molar refractivity (Wildman–Crippen MR) is 254 cm³/mol. The molecule has 0 heterocycles. The second-order valence-electron chi connectivity index (χ2n) is 18.3. The first-order chi connectivity index (χ1) is 32.7. The van der Waals surface area contributed by atoms with Crippen LogP contribution in [0.3, 0.4) is 0 Å². The molecule has 9 atom stereocenters. The average Bonchev–Trinajstić information content (AvgIpc) is 3.62. The zero-order valence-electron chi connectivity index (χ0n) is 40.1. The maximum atomic E-state index is 15.2. The van der Waals surface area contributed by atoms with E-state index in [1.165, 1.54) is 6.92 Å². The van der Waals surface area contributed by atoms with Crippen molar-refractivity contribution in [2.24, 2.45) is 40.4 Å². The molecule has 3 aromatic rings. The van der Waals surface area contributed by atoms with Crippen LogP contribution in [0.25, 0.3) is 10.8 Å². The van der Waals surface area contributed by atoms with E-state index in [4.69, 9.17) is 50.4 Å². The number of benzene rings is 3. The molecule has 0 spiro atoms. The third kappa shape index (κ3) is 13.5. The third-order valence-corrected chi connectivity index (χ3v) is 13.4. The molecule has 5 unspecified atom stereocenters. The fraction of sp³-hybridized carbons (Fsp3) is 0.627. The first-order valence-corrected chi connectivity index (χ1v) is 24.0. The number of methoxy groups -OCH3 is 1. The number of aliphatic hydroxyl groups is 4. The summed E-state index contributed by atoms with van der Waals surface area (Å²) in [5.74, 6) is -3.78. The lowest BCUT2D eigenvalue weighted by Crippen LogP contribution is -2.69. The molecular formula is C51H75N3O14. The largest absolute Gasteiger partial charge is 0.491 e. The Balaban J connectivity index is 1.30. The van der Waals surface area contributed by atoms with Gasteiger partial charge in [-0.05, 0) is 60.9 Å². The molecule has 0 radical (unpaired) electrons. The van der Waals surface area contributed by atoms with Gasteiger partial charge >= 0.3 is 0 Å². The van der Waals surface area contributed by atoms with E-state index in [1.807, 2.05) is 12.1 Å². The van der Waals surface area contributed by atoms with Crippen LogP contribution in [0.1, 0.15) is 80.4 Å². The number of carbonyl (C=O) groups is 3. The van der Waals surface area contributed by atoms with E-state index in [0.717, 1.165) is 12.0 Å². The second kappa shape index (κ2) is 26.9. The maximum Gasteiger partial charge on any atom is 0.185 e. The molecule has 1 fully saturated rings. The highest BCUT2D eigenvalue weighted by Gasteiger charge is 2.60. The number of Topliss-reactive ketones (excluding diaryl/α,β-unsaturated/α-hetero) is 3. The van der Waals surface area contributed by atoms with Gasteiger partial charge in [0.25, 0.3) is 0 Å². The summed E-state index contributed by atoms with van der Waals surface area (Å²) in [5.41, 5.74) is 19.0. The van der Waals surface area contributed by atoms with Crippen LogP contribution in [-0.4, -0.2) is 154 Å². The van der Waals surface area contributed by atoms with Crippen molar-refractivity contribution in [1.82, 2.24) is 0 Å². The summed E-state index contributed by atoms with van der Waals surface area (Å²) in [7, 11) is 1.62. The number of nitrogens with two attached hydrogens (primary N) is 3. The topological polar surface area (TPSA) is 275 Å². The number of hydrogen-bond acceptors (Lipinski definition) is 17. The number of hydrogen-bond donors (Lipinski definition) is 7. The van der Waals surface area contributed by atoms with Gasteiger partial charge in [-0.2, -0.15) is 0 Å². The van der Waals surface area contributed by atoms with Gasteiger partial charge in [-0.15, -0.1) is 0 Å². The monoisotopic (exact) mass is 954 g/mol. The van der Waals surface area contributed by atoms with Crippen LogP contribution in [0, 0.1) is 23.2 Å². The Bertz CT molecular complexity index is 2060. The minimum absolute atomic E-state index is 0.242. The quantitative estimate of drug-likeness (QED) is 0.0278. The highest BCUT2D eigenvalue weighted by molar-refractivity contribution is 6.11. The van der Waals surface area contributed by atoms with E-state index in [9.17, 15) is 30.0 Å². The lowest BCUT2D eigenvalue weighted by Gasteiger charge is -2.47. The minimum Gasteiger partial charge on any atom is -0.491 e. The standard InChI is InChI=1S/C51H75N3O14/c1-31(2)43(46(58)33-16-17-36-34(28-33)29-39(56)45(36)53)47(59)48(60)49(54)51(35-10-6-5-7-11-35,50(61)44(52)32(3)55)42(57)30-68-41-15-9-12-37-38(41)13-8-14-40(37)67-27-26-66-25-24-65-23-22-64-21-20-63-19-18-62-4/h8-9,12-17,28,31-32,35,39,43-45,47-49,55-56,59-60H,5-7,10-11,18-27,29-30,52-54H2,1-4H3/t32-,39-,43?,44+,45+,47?,48?,49?,51?/m1/s1. The van der Waals surface area contributed by atoms with E-state index in [-0.39, 0.29) is 18.6 Å². The van der Waals surface area contributed by atoms with Gasteiger partial charge in [0.1, 0.15) is 30.1 Å². The lowest BCUT2D eigenvalue weighted by atomic mass is 9.57. The zero-order chi connectivity index (χ0) is 49.4. The van der Waals surface area contributed by atoms with Crippen molar-refractivity contribution in [3.05, 3.63) is 71.3 Å². The Labute approximate surface area is 399 Å². The summed E-state index contributed by atoms with van der Waals surface area (Å²) in [6.45, 7) is 8.30. The highest BCUT2D eigenvalue weighted by atomic mass is 16.6. The molecule has 0 aromatic heterocycles. The minimum atomic E-state index is -2.24. The molecule has 0 aliphatic heterocycles. The number of carbonyl (C=O) groups excluding carboxylic acids is 3. The number of ether oxygens (including phenoxy) is 7. The molecule has 3 aromatic carbocycles. The number of aliphatic hydroxyl groups excluding tert-OH is 4. The van der Waals surface area contributed by atoms with Crippen LogP contribution >= 0.6 is 0 Å². The van der Waals surface area contributed by atoms with Gasteiger partial charge in [0, 0.05) is 29.9 Å². The number of ketones is 3. The Kier molecular flexibility index (Phi) is 21.7. The fourth-order valence-corrected chi connectivity index (χ4v) is 9.68. The van der Waals surface area contributed by atoms with Gasteiger partial charge in [0.05, 0.1) is 108 Å². The Morgan fingerprint density at radius 1 is 0.721 bits per heavy atom. The summed E-state index contributed by atoms with van der Waals surface area (Å²) < 4.78 is 39.4. The fourth-order valence-electron chi connectivity index (χ4n) is 9.68. The molecule has 10 N–H and O–H groups in total. The van der Waals surface area contributed by atoms with E-state index in [0.29, 0.717) is 113 Å². The normalized spacial score (nSPS) is 20.0. The first-order valence-electron chi connectivity index (χ1n) is 24.0. The van der Waals surface area contributed by atoms with Gasteiger partial charge in [-0.25, -0.2) is 0 Å². The predicted octanol–water partition coefficient (Wildman–Crippen LogP) is 2.84. The van der Waals surface area contributed by atoms with Crippen LogP contribution in [-0.2, 0) is 39.7 Å². The highest BCUT2D eigenvalue weighted by Crippen LogP contribution is 2.46. The Morgan fingerprint density at radius 3 is 1.81 bits per heavy atom. The smallest absolute Gasteiger partial charge is 0.185 e. The van der Waals surface area contributed by atoms with Crippen molar-refractivity contribution in [1.29, 1.82) is 0 Å². The van der Waals surface area contributed by atoms with Gasteiger partial charge in [0.15, 0.2) is 17.3 Å². The van der Waals surface area contributed by atoms with Gasteiger partial charge in [-0.3, -0.25) is 14.4 Å². The average molecular weight is 954 g/mol. The Morgan fingerprint density at radius 2 is 1.26 bits per heavy atom. The first kappa shape index (κ1) is 55.0. The summed E-state index contributed by atoms with van der Waals surface area (Å²) >= 11 is 0. The van der Waals surface area contributed by atoms with Gasteiger partial charge in [-0.1, -0.05) is 69.5 Å². The van der Waals surface area contributed by atoms with E-state index in [1.54, 1.807) is 63.4 Å². The summed E-state index contributed by atoms with van der Waals surface area (Å²) in [6, 6.07) is 11.6. The van der Waals surface area contributed by atoms with Gasteiger partial charge in [0.2, 0.25) is 0 Å². The molecule has 2 aliphatic carbocycles. The SMILES string of the molecule is COCCOCCOCCOCCOCCOc1cccc2c(OCC(=O)C(C(=O)[C@@H](N)[C@@H](C)O)(C3CCCCC3)C(N)C(O)C(O)C(C(=O)c3ccc4c(c3)C[C@@H](O)[C@H]4N)C(C)C)cccc12. The molecule has 68 heavy (non-hydrogen) atoms. The van der Waals surface area contributed by atoms with Crippen LogP contribution in [0.15, 0.2) is 54.6 Å². The number of rotatable bonds is 31.